The van der Waals surface area contributed by atoms with Gasteiger partial charge in [0.05, 0.1) is 26.7 Å². The van der Waals surface area contributed by atoms with Gasteiger partial charge in [0.15, 0.2) is 5.76 Å². The molecule has 0 unspecified atom stereocenters. The zero-order chi connectivity index (χ0) is 21.6. The number of benzene rings is 2. The van der Waals surface area contributed by atoms with Crippen molar-refractivity contribution >= 4 is 34.8 Å². The number of nitrogens with zero attached hydrogens (tertiary/aromatic N) is 3. The van der Waals surface area contributed by atoms with Gasteiger partial charge in [-0.1, -0.05) is 40.5 Å². The molecule has 1 saturated carbocycles. The Balaban J connectivity index is 1.29. The first-order valence-corrected chi connectivity index (χ1v) is 10.9. The number of hydrogen-bond donors (Lipinski definition) is 0. The van der Waals surface area contributed by atoms with Crippen molar-refractivity contribution in [3.05, 3.63) is 70.1 Å². The van der Waals surface area contributed by atoms with Gasteiger partial charge in [-0.15, -0.1) is 0 Å². The molecule has 0 radical (unpaired) electrons. The molecule has 31 heavy (non-hydrogen) atoms. The summed E-state index contributed by atoms with van der Waals surface area (Å²) in [5.74, 6) is 0.0334. The molecule has 0 atom stereocenters. The summed E-state index contributed by atoms with van der Waals surface area (Å²) in [6, 6.07) is 13.7. The molecule has 0 spiro atoms. The first-order valence-electron chi connectivity index (χ1n) is 10.2. The van der Waals surface area contributed by atoms with E-state index in [1.807, 2.05) is 17.0 Å². The van der Waals surface area contributed by atoms with Gasteiger partial charge < -0.3 is 14.3 Å². The Hall–Kier alpha value is -2.57. The molecule has 1 amide bonds. The largest absolute Gasteiger partial charge is 0.368 e. The van der Waals surface area contributed by atoms with E-state index in [-0.39, 0.29) is 11.7 Å². The summed E-state index contributed by atoms with van der Waals surface area (Å²) in [7, 11) is 0. The predicted octanol–water partition coefficient (Wildman–Crippen LogP) is 5.17. The molecule has 8 heteroatoms. The van der Waals surface area contributed by atoms with Crippen LogP contribution in [-0.2, 0) is 10.2 Å². The van der Waals surface area contributed by atoms with Crippen molar-refractivity contribution in [3.8, 4) is 11.3 Å². The average molecular weight is 460 g/mol. The highest BCUT2D eigenvalue weighted by atomic mass is 35.5. The quantitative estimate of drug-likeness (QED) is 0.539. The van der Waals surface area contributed by atoms with Crippen LogP contribution < -0.4 is 4.90 Å². The van der Waals surface area contributed by atoms with E-state index in [4.69, 9.17) is 27.7 Å². The van der Waals surface area contributed by atoms with Gasteiger partial charge >= 0.3 is 0 Å². The van der Waals surface area contributed by atoms with Crippen molar-refractivity contribution in [2.45, 2.75) is 18.3 Å². The fraction of sp³-hybridized carbons (Fsp3) is 0.304. The monoisotopic (exact) mass is 459 g/mol. The number of rotatable bonds is 4. The Morgan fingerprint density at radius 1 is 1.00 bits per heavy atom. The lowest BCUT2D eigenvalue weighted by atomic mass is 9.99. The minimum Gasteiger partial charge on any atom is -0.368 e. The lowest BCUT2D eigenvalue weighted by molar-refractivity contribution is -0.134. The van der Waals surface area contributed by atoms with E-state index in [1.54, 1.807) is 30.3 Å². The number of hydrogen-bond acceptors (Lipinski definition) is 4. The number of halogens is 3. The predicted molar refractivity (Wildman–Crippen MR) is 118 cm³/mol. The summed E-state index contributed by atoms with van der Waals surface area (Å²) in [6.07, 6.45) is 1.45. The van der Waals surface area contributed by atoms with Gasteiger partial charge in [0.2, 0.25) is 5.91 Å². The third-order valence-electron chi connectivity index (χ3n) is 6.13. The molecule has 2 heterocycles. The third-order valence-corrected chi connectivity index (χ3v) is 6.87. The number of carbonyl (C=O) groups excluding carboxylic acids is 1. The Morgan fingerprint density at radius 3 is 2.42 bits per heavy atom. The van der Waals surface area contributed by atoms with Crippen molar-refractivity contribution in [1.29, 1.82) is 0 Å². The molecule has 1 aromatic heterocycles. The van der Waals surface area contributed by atoms with Crippen LogP contribution in [-0.4, -0.2) is 42.1 Å². The lowest BCUT2D eigenvalue weighted by Gasteiger charge is -2.37. The van der Waals surface area contributed by atoms with Crippen molar-refractivity contribution in [3.63, 3.8) is 0 Å². The van der Waals surface area contributed by atoms with Gasteiger partial charge in [0.1, 0.15) is 5.82 Å². The minimum absolute atomic E-state index is 0.0645. The number of carbonyl (C=O) groups is 1. The van der Waals surface area contributed by atoms with Crippen molar-refractivity contribution in [2.24, 2.45) is 0 Å². The van der Waals surface area contributed by atoms with Crippen LogP contribution in [0, 0.1) is 5.82 Å². The van der Waals surface area contributed by atoms with Crippen LogP contribution in [0.1, 0.15) is 18.5 Å². The maximum absolute atomic E-state index is 14.1. The fourth-order valence-corrected chi connectivity index (χ4v) is 4.44. The summed E-state index contributed by atoms with van der Waals surface area (Å²) in [4.78, 5) is 17.4. The summed E-state index contributed by atoms with van der Waals surface area (Å²) in [5.41, 5.74) is 1.27. The molecule has 1 aliphatic carbocycles. The van der Waals surface area contributed by atoms with Gasteiger partial charge in [-0.3, -0.25) is 4.79 Å². The SMILES string of the molecule is O=C(N1CCN(c2ccc(Cl)c(Cl)c2)CC1)C1(c2cc(-c3ccccc3F)on2)CC1. The van der Waals surface area contributed by atoms with E-state index < -0.39 is 5.41 Å². The molecule has 5 rings (SSSR count). The smallest absolute Gasteiger partial charge is 0.235 e. The Bertz CT molecular complexity index is 1140. The molecule has 5 nitrogen and oxygen atoms in total. The summed E-state index contributed by atoms with van der Waals surface area (Å²) >= 11 is 12.2. The van der Waals surface area contributed by atoms with Crippen LogP contribution in [0.25, 0.3) is 11.3 Å². The first-order chi connectivity index (χ1) is 15.0. The number of anilines is 1. The highest BCUT2D eigenvalue weighted by molar-refractivity contribution is 6.42. The number of amides is 1. The molecule has 1 aliphatic heterocycles. The van der Waals surface area contributed by atoms with Crippen LogP contribution in [0.4, 0.5) is 10.1 Å². The maximum Gasteiger partial charge on any atom is 0.235 e. The lowest BCUT2D eigenvalue weighted by Crippen LogP contribution is -2.51. The van der Waals surface area contributed by atoms with Gasteiger partial charge in [0.25, 0.3) is 0 Å². The molecule has 2 fully saturated rings. The third kappa shape index (κ3) is 3.68. The maximum atomic E-state index is 14.1. The molecule has 2 aromatic carbocycles. The summed E-state index contributed by atoms with van der Waals surface area (Å²) < 4.78 is 19.5. The van der Waals surface area contributed by atoms with Crippen molar-refractivity contribution < 1.29 is 13.7 Å². The number of piperazine rings is 1. The number of aromatic nitrogens is 1. The summed E-state index contributed by atoms with van der Waals surface area (Å²) in [6.45, 7) is 2.63. The second kappa shape index (κ2) is 7.84. The van der Waals surface area contributed by atoms with Crippen LogP contribution in [0.15, 0.2) is 53.1 Å². The van der Waals surface area contributed by atoms with Crippen molar-refractivity contribution in [1.82, 2.24) is 10.1 Å². The van der Waals surface area contributed by atoms with Gasteiger partial charge in [-0.2, -0.15) is 0 Å². The standard InChI is InChI=1S/C23H20Cl2FN3O2/c24-17-6-5-15(13-18(17)25)28-9-11-29(12-10-28)22(30)23(7-8-23)21-14-20(31-27-21)16-3-1-2-4-19(16)26/h1-6,13-14H,7-12H2. The summed E-state index contributed by atoms with van der Waals surface area (Å²) in [5, 5.41) is 5.18. The van der Waals surface area contributed by atoms with E-state index in [1.165, 1.54) is 6.07 Å². The molecule has 2 aliphatic rings. The van der Waals surface area contributed by atoms with Crippen LogP contribution in [0.3, 0.4) is 0 Å². The molecule has 0 bridgehead atoms. The highest BCUT2D eigenvalue weighted by Gasteiger charge is 2.55. The van der Waals surface area contributed by atoms with E-state index in [2.05, 4.69) is 10.1 Å². The van der Waals surface area contributed by atoms with E-state index in [0.717, 1.165) is 18.5 Å². The molecule has 160 valence electrons. The molecule has 0 N–H and O–H groups in total. The Labute approximate surface area is 189 Å². The van der Waals surface area contributed by atoms with Crippen molar-refractivity contribution in [2.75, 3.05) is 31.1 Å². The first kappa shape index (κ1) is 20.3. The highest BCUT2D eigenvalue weighted by Crippen LogP contribution is 2.50. The molecular formula is C23H20Cl2FN3O2. The Morgan fingerprint density at radius 2 is 1.74 bits per heavy atom. The molecular weight excluding hydrogens is 440 g/mol. The minimum atomic E-state index is -0.654. The van der Waals surface area contributed by atoms with E-state index in [9.17, 15) is 9.18 Å². The van der Waals surface area contributed by atoms with E-state index >= 15 is 0 Å². The van der Waals surface area contributed by atoms with Crippen LogP contribution in [0.2, 0.25) is 10.0 Å². The zero-order valence-electron chi connectivity index (χ0n) is 16.7. The van der Waals surface area contributed by atoms with Gasteiger partial charge in [-0.25, -0.2) is 4.39 Å². The van der Waals surface area contributed by atoms with Crippen LogP contribution >= 0.6 is 23.2 Å². The van der Waals surface area contributed by atoms with Crippen LogP contribution in [0.5, 0.6) is 0 Å². The average Bonchev–Trinajstić information content (AvgIpc) is 3.45. The molecule has 1 saturated heterocycles. The topological polar surface area (TPSA) is 49.6 Å². The normalized spacial score (nSPS) is 17.6. The van der Waals surface area contributed by atoms with E-state index in [0.29, 0.717) is 53.2 Å². The second-order valence-electron chi connectivity index (χ2n) is 8.02. The Kier molecular flexibility index (Phi) is 5.15. The fourth-order valence-electron chi connectivity index (χ4n) is 4.15. The zero-order valence-corrected chi connectivity index (χ0v) is 18.2. The van der Waals surface area contributed by atoms with Gasteiger partial charge in [-0.05, 0) is 43.2 Å². The second-order valence-corrected chi connectivity index (χ2v) is 8.83. The van der Waals surface area contributed by atoms with Gasteiger partial charge in [0, 0.05) is 37.9 Å². The molecule has 3 aromatic rings.